The van der Waals surface area contributed by atoms with Crippen molar-refractivity contribution in [3.63, 3.8) is 0 Å². The van der Waals surface area contributed by atoms with Gasteiger partial charge in [-0.25, -0.2) is 9.69 Å². The first kappa shape index (κ1) is 13.9. The highest BCUT2D eigenvalue weighted by atomic mass is 16.2. The van der Waals surface area contributed by atoms with E-state index in [4.69, 9.17) is 5.26 Å². The number of urea groups is 1. The highest BCUT2D eigenvalue weighted by molar-refractivity contribution is 6.07. The molecule has 0 atom stereocenters. The molecule has 0 radical (unpaired) electrons. The van der Waals surface area contributed by atoms with E-state index in [9.17, 15) is 9.59 Å². The van der Waals surface area contributed by atoms with Crippen LogP contribution in [0, 0.1) is 22.7 Å². The number of carbonyl (C=O) groups excluding carboxylic acids is 2. The van der Waals surface area contributed by atoms with Crippen molar-refractivity contribution in [3.8, 4) is 6.07 Å². The average Bonchev–Trinajstić information content (AvgIpc) is 2.54. The molecular formula is C14H21N3O2. The first-order valence-corrected chi connectivity index (χ1v) is 6.81. The standard InChI is InChI=1S/C14H21N3O2/c1-13(2,3)10-4-6-14(7-5-10)11(18)17(9-8-15)12(19)16-14/h10H,4-7,9H2,1-3H3,(H,16,19). The molecule has 1 aliphatic carbocycles. The van der Waals surface area contributed by atoms with Crippen LogP contribution in [0.3, 0.4) is 0 Å². The van der Waals surface area contributed by atoms with Crippen LogP contribution in [-0.2, 0) is 4.79 Å². The Bertz CT molecular complexity index is 437. The lowest BCUT2D eigenvalue weighted by Gasteiger charge is -2.40. The first-order valence-electron chi connectivity index (χ1n) is 6.81. The van der Waals surface area contributed by atoms with Gasteiger partial charge in [-0.1, -0.05) is 20.8 Å². The van der Waals surface area contributed by atoms with Gasteiger partial charge in [0.2, 0.25) is 0 Å². The molecule has 1 saturated carbocycles. The van der Waals surface area contributed by atoms with Gasteiger partial charge in [0.15, 0.2) is 0 Å². The minimum atomic E-state index is -0.740. The van der Waals surface area contributed by atoms with Gasteiger partial charge in [0.1, 0.15) is 12.1 Å². The third-order valence-electron chi connectivity index (χ3n) is 4.54. The van der Waals surface area contributed by atoms with E-state index in [1.807, 2.05) is 6.07 Å². The quantitative estimate of drug-likeness (QED) is 0.581. The van der Waals surface area contributed by atoms with Crippen LogP contribution < -0.4 is 5.32 Å². The molecule has 0 bridgehead atoms. The Morgan fingerprint density at radius 1 is 1.37 bits per heavy atom. The monoisotopic (exact) mass is 263 g/mol. The van der Waals surface area contributed by atoms with E-state index in [2.05, 4.69) is 26.1 Å². The van der Waals surface area contributed by atoms with Crippen LogP contribution in [0.15, 0.2) is 0 Å². The van der Waals surface area contributed by atoms with Gasteiger partial charge < -0.3 is 5.32 Å². The summed E-state index contributed by atoms with van der Waals surface area (Å²) in [4.78, 5) is 25.1. The second-order valence-corrected chi connectivity index (χ2v) is 6.70. The molecule has 19 heavy (non-hydrogen) atoms. The fourth-order valence-corrected chi connectivity index (χ4v) is 3.21. The predicted octanol–water partition coefficient (Wildman–Crippen LogP) is 2.04. The summed E-state index contributed by atoms with van der Waals surface area (Å²) in [6, 6.07) is 1.45. The molecule has 2 rings (SSSR count). The summed E-state index contributed by atoms with van der Waals surface area (Å²) < 4.78 is 0. The molecule has 0 unspecified atom stereocenters. The van der Waals surface area contributed by atoms with Gasteiger partial charge in [0.25, 0.3) is 5.91 Å². The molecule has 104 valence electrons. The molecule has 2 fully saturated rings. The van der Waals surface area contributed by atoms with E-state index >= 15 is 0 Å². The smallest absolute Gasteiger partial charge is 0.323 e. The zero-order valence-electron chi connectivity index (χ0n) is 11.8. The minimum absolute atomic E-state index is 0.158. The number of imide groups is 1. The van der Waals surface area contributed by atoms with Crippen LogP contribution in [0.1, 0.15) is 46.5 Å². The van der Waals surface area contributed by atoms with Crippen molar-refractivity contribution >= 4 is 11.9 Å². The van der Waals surface area contributed by atoms with Gasteiger partial charge in [-0.15, -0.1) is 0 Å². The van der Waals surface area contributed by atoms with Crippen molar-refractivity contribution in [2.75, 3.05) is 6.54 Å². The van der Waals surface area contributed by atoms with Crippen LogP contribution >= 0.6 is 0 Å². The largest absolute Gasteiger partial charge is 0.325 e. The maximum Gasteiger partial charge on any atom is 0.325 e. The maximum atomic E-state index is 12.3. The fraction of sp³-hybridized carbons (Fsp3) is 0.786. The van der Waals surface area contributed by atoms with E-state index in [-0.39, 0.29) is 17.9 Å². The number of hydrogen-bond acceptors (Lipinski definition) is 3. The molecule has 0 aromatic heterocycles. The zero-order chi connectivity index (χ0) is 14.3. The summed E-state index contributed by atoms with van der Waals surface area (Å²) in [7, 11) is 0. The average molecular weight is 263 g/mol. The minimum Gasteiger partial charge on any atom is -0.323 e. The van der Waals surface area contributed by atoms with Crippen molar-refractivity contribution in [1.82, 2.24) is 10.2 Å². The Balaban J connectivity index is 2.10. The molecule has 5 heteroatoms. The lowest BCUT2D eigenvalue weighted by atomic mass is 9.67. The summed E-state index contributed by atoms with van der Waals surface area (Å²) in [6.07, 6.45) is 3.24. The number of carbonyl (C=O) groups is 2. The number of rotatable bonds is 1. The van der Waals surface area contributed by atoms with E-state index < -0.39 is 11.6 Å². The van der Waals surface area contributed by atoms with Crippen molar-refractivity contribution in [1.29, 1.82) is 5.26 Å². The number of amides is 3. The van der Waals surface area contributed by atoms with Crippen LogP contribution in [0.5, 0.6) is 0 Å². The molecule has 2 aliphatic rings. The van der Waals surface area contributed by atoms with Gasteiger partial charge in [-0.05, 0) is 37.0 Å². The van der Waals surface area contributed by atoms with Crippen molar-refractivity contribution in [2.45, 2.75) is 52.0 Å². The number of hydrogen-bond donors (Lipinski definition) is 1. The molecule has 1 aliphatic heterocycles. The lowest BCUT2D eigenvalue weighted by Crippen LogP contribution is -2.50. The van der Waals surface area contributed by atoms with Crippen molar-refractivity contribution in [2.24, 2.45) is 11.3 Å². The summed E-state index contributed by atoms with van der Waals surface area (Å²) >= 11 is 0. The van der Waals surface area contributed by atoms with Crippen molar-refractivity contribution < 1.29 is 9.59 Å². The normalized spacial score (nSPS) is 31.5. The second-order valence-electron chi connectivity index (χ2n) is 6.70. The molecule has 5 nitrogen and oxygen atoms in total. The number of nitriles is 1. The molecular weight excluding hydrogens is 242 g/mol. The highest BCUT2D eigenvalue weighted by Crippen LogP contribution is 2.43. The van der Waals surface area contributed by atoms with E-state index in [1.165, 1.54) is 0 Å². The van der Waals surface area contributed by atoms with Crippen LogP contribution in [0.4, 0.5) is 4.79 Å². The summed E-state index contributed by atoms with van der Waals surface area (Å²) in [5, 5.41) is 11.5. The van der Waals surface area contributed by atoms with Gasteiger partial charge in [-0.3, -0.25) is 4.79 Å². The first-order chi connectivity index (χ1) is 8.80. The molecule has 1 saturated heterocycles. The Morgan fingerprint density at radius 3 is 2.42 bits per heavy atom. The van der Waals surface area contributed by atoms with Gasteiger partial charge in [0.05, 0.1) is 6.07 Å². The fourth-order valence-electron chi connectivity index (χ4n) is 3.21. The second kappa shape index (κ2) is 4.52. The van der Waals surface area contributed by atoms with E-state index in [0.717, 1.165) is 17.7 Å². The maximum absolute atomic E-state index is 12.3. The molecule has 1 N–H and O–H groups in total. The molecule has 0 aromatic rings. The van der Waals surface area contributed by atoms with Crippen LogP contribution in [0.2, 0.25) is 0 Å². The van der Waals surface area contributed by atoms with Crippen molar-refractivity contribution in [3.05, 3.63) is 0 Å². The predicted molar refractivity (Wildman–Crippen MR) is 70.0 cm³/mol. The molecule has 0 aromatic carbocycles. The molecule has 3 amide bonds. The zero-order valence-corrected chi connectivity index (χ0v) is 11.8. The molecule has 1 spiro atoms. The van der Waals surface area contributed by atoms with Gasteiger partial charge in [-0.2, -0.15) is 5.26 Å². The summed E-state index contributed by atoms with van der Waals surface area (Å²) in [5.74, 6) is 0.360. The summed E-state index contributed by atoms with van der Waals surface area (Å²) in [6.45, 7) is 6.49. The number of nitrogens with zero attached hydrogens (tertiary/aromatic N) is 2. The lowest BCUT2D eigenvalue weighted by molar-refractivity contribution is -0.132. The Morgan fingerprint density at radius 2 is 1.95 bits per heavy atom. The van der Waals surface area contributed by atoms with E-state index in [1.54, 1.807) is 0 Å². The molecule has 1 heterocycles. The Labute approximate surface area is 113 Å². The Kier molecular flexibility index (Phi) is 3.29. The van der Waals surface area contributed by atoms with Crippen LogP contribution in [-0.4, -0.2) is 28.9 Å². The SMILES string of the molecule is CC(C)(C)C1CCC2(CC1)NC(=O)N(CC#N)C2=O. The van der Waals surface area contributed by atoms with Gasteiger partial charge >= 0.3 is 6.03 Å². The topological polar surface area (TPSA) is 73.2 Å². The Hall–Kier alpha value is -1.57. The van der Waals surface area contributed by atoms with Crippen LogP contribution in [0.25, 0.3) is 0 Å². The summed E-state index contributed by atoms with van der Waals surface area (Å²) in [5.41, 5.74) is -0.505. The third-order valence-corrected chi connectivity index (χ3v) is 4.54. The number of nitrogens with one attached hydrogen (secondary N) is 1. The van der Waals surface area contributed by atoms with Gasteiger partial charge in [0, 0.05) is 0 Å². The third kappa shape index (κ3) is 2.32. The highest BCUT2D eigenvalue weighted by Gasteiger charge is 2.53. The van der Waals surface area contributed by atoms with E-state index in [0.29, 0.717) is 18.8 Å².